The van der Waals surface area contributed by atoms with Crippen LogP contribution in [0.25, 0.3) is 11.3 Å². The minimum absolute atomic E-state index is 0.327. The molecule has 1 N–H and O–H groups in total. The molecule has 2 aromatic heterocycles. The van der Waals surface area contributed by atoms with Crippen molar-refractivity contribution in [3.8, 4) is 11.3 Å². The summed E-state index contributed by atoms with van der Waals surface area (Å²) in [5, 5.41) is 11.9. The zero-order valence-corrected chi connectivity index (χ0v) is 19.0. The van der Waals surface area contributed by atoms with Crippen LogP contribution in [0, 0.1) is 12.7 Å². The zero-order valence-electron chi connectivity index (χ0n) is 19.0. The van der Waals surface area contributed by atoms with Crippen molar-refractivity contribution in [1.82, 2.24) is 20.0 Å². The van der Waals surface area contributed by atoms with Crippen LogP contribution in [0.2, 0.25) is 0 Å². The molecule has 1 aliphatic rings. The molecule has 3 heterocycles. The number of ether oxygens (including phenoxy) is 1. The van der Waals surface area contributed by atoms with Gasteiger partial charge in [0.25, 0.3) is 0 Å². The van der Waals surface area contributed by atoms with Gasteiger partial charge in [-0.05, 0) is 36.8 Å². The average Bonchev–Trinajstić information content (AvgIpc) is 3.31. The number of methoxy groups -OCH3 is 1. The second-order valence-electron chi connectivity index (χ2n) is 8.28. The normalized spacial score (nSPS) is 18.2. The van der Waals surface area contributed by atoms with Gasteiger partial charge in [0.05, 0.1) is 34.7 Å². The predicted molar refractivity (Wildman–Crippen MR) is 125 cm³/mol. The van der Waals surface area contributed by atoms with Crippen molar-refractivity contribution in [2.45, 2.75) is 25.7 Å². The molecule has 0 aliphatic carbocycles. The smallest absolute Gasteiger partial charge is 0.216 e. The van der Waals surface area contributed by atoms with Crippen LogP contribution in [0.4, 0.5) is 15.8 Å². The van der Waals surface area contributed by atoms with Gasteiger partial charge in [0.2, 0.25) is 5.85 Å². The van der Waals surface area contributed by atoms with Crippen molar-refractivity contribution in [1.29, 1.82) is 0 Å². The van der Waals surface area contributed by atoms with Gasteiger partial charge in [-0.15, -0.1) is 5.10 Å². The Labute approximate surface area is 191 Å². The molecule has 2 atom stereocenters. The van der Waals surface area contributed by atoms with Crippen LogP contribution in [-0.2, 0) is 11.8 Å². The SMILES string of the molecule is COC1(C)Nc2ccc(-c3c(C)nnn3C)cc2N1C(c1ccccc1)c1ccc(F)cn1. The summed E-state index contributed by atoms with van der Waals surface area (Å²) >= 11 is 0. The molecule has 0 saturated heterocycles. The van der Waals surface area contributed by atoms with Crippen molar-refractivity contribution >= 4 is 11.4 Å². The monoisotopic (exact) mass is 444 g/mol. The minimum Gasteiger partial charge on any atom is -0.342 e. The highest BCUT2D eigenvalue weighted by molar-refractivity contribution is 5.83. The number of pyridine rings is 1. The average molecular weight is 445 g/mol. The molecule has 2 aromatic carbocycles. The quantitative estimate of drug-likeness (QED) is 0.483. The summed E-state index contributed by atoms with van der Waals surface area (Å²) < 4.78 is 21.5. The van der Waals surface area contributed by atoms with Gasteiger partial charge in [-0.1, -0.05) is 41.6 Å². The maximum absolute atomic E-state index is 13.7. The number of aryl methyl sites for hydroxylation is 2. The van der Waals surface area contributed by atoms with Gasteiger partial charge in [0.1, 0.15) is 11.9 Å². The Morgan fingerprint density at radius 3 is 2.52 bits per heavy atom. The molecule has 5 rings (SSSR count). The first-order valence-electron chi connectivity index (χ1n) is 10.7. The lowest BCUT2D eigenvalue weighted by molar-refractivity contribution is 0.0283. The molecule has 2 unspecified atom stereocenters. The first-order valence-corrected chi connectivity index (χ1v) is 10.7. The Hall–Kier alpha value is -3.78. The largest absolute Gasteiger partial charge is 0.342 e. The lowest BCUT2D eigenvalue weighted by Crippen LogP contribution is -2.51. The van der Waals surface area contributed by atoms with Gasteiger partial charge in [0.15, 0.2) is 0 Å². The van der Waals surface area contributed by atoms with E-state index in [1.54, 1.807) is 17.9 Å². The molecule has 0 bridgehead atoms. The standard InChI is InChI=1S/C25H25FN6O/c1-16-23(31(3)30-29-16)18-10-12-20-22(14-18)32(25(2,28-20)33-4)24(17-8-6-5-7-9-17)21-13-11-19(26)15-27-21/h5-15,24,28H,1-4H3. The molecule has 1 aliphatic heterocycles. The fraction of sp³-hybridized carbons (Fsp3) is 0.240. The number of halogens is 1. The zero-order chi connectivity index (χ0) is 23.2. The van der Waals surface area contributed by atoms with E-state index in [2.05, 4.69) is 31.6 Å². The third kappa shape index (κ3) is 3.52. The second kappa shape index (κ2) is 7.97. The maximum Gasteiger partial charge on any atom is 0.216 e. The van der Waals surface area contributed by atoms with Crippen LogP contribution < -0.4 is 10.2 Å². The first kappa shape index (κ1) is 21.1. The van der Waals surface area contributed by atoms with Crippen molar-refractivity contribution in [2.75, 3.05) is 17.3 Å². The van der Waals surface area contributed by atoms with E-state index in [4.69, 9.17) is 4.74 Å². The summed E-state index contributed by atoms with van der Waals surface area (Å²) in [6.07, 6.45) is 1.25. The van der Waals surface area contributed by atoms with E-state index >= 15 is 0 Å². The van der Waals surface area contributed by atoms with E-state index in [1.165, 1.54) is 12.3 Å². The third-order valence-corrected chi connectivity index (χ3v) is 6.15. The van der Waals surface area contributed by atoms with Crippen molar-refractivity contribution in [3.63, 3.8) is 0 Å². The van der Waals surface area contributed by atoms with E-state index in [0.29, 0.717) is 5.69 Å². The van der Waals surface area contributed by atoms with E-state index in [0.717, 1.165) is 33.9 Å². The molecule has 0 fully saturated rings. The molecular formula is C25H25FN6O. The Bertz CT molecular complexity index is 1270. The van der Waals surface area contributed by atoms with Gasteiger partial charge in [0, 0.05) is 26.6 Å². The highest BCUT2D eigenvalue weighted by Crippen LogP contribution is 2.48. The van der Waals surface area contributed by atoms with Gasteiger partial charge in [-0.25, -0.2) is 9.07 Å². The highest BCUT2D eigenvalue weighted by Gasteiger charge is 2.45. The number of nitrogens with zero attached hydrogens (tertiary/aromatic N) is 5. The van der Waals surface area contributed by atoms with Crippen LogP contribution in [0.5, 0.6) is 0 Å². The maximum atomic E-state index is 13.7. The van der Waals surface area contributed by atoms with E-state index in [9.17, 15) is 4.39 Å². The fourth-order valence-electron chi connectivity index (χ4n) is 4.55. The number of rotatable bonds is 5. The fourth-order valence-corrected chi connectivity index (χ4v) is 4.55. The van der Waals surface area contributed by atoms with Crippen LogP contribution in [0.1, 0.15) is 29.9 Å². The summed E-state index contributed by atoms with van der Waals surface area (Å²) in [5.74, 6) is -1.24. The topological polar surface area (TPSA) is 68.1 Å². The van der Waals surface area contributed by atoms with Crippen LogP contribution in [-0.4, -0.2) is 32.9 Å². The molecule has 7 nitrogen and oxygen atoms in total. The summed E-state index contributed by atoms with van der Waals surface area (Å²) in [6.45, 7) is 3.92. The Balaban J connectivity index is 1.72. The van der Waals surface area contributed by atoms with Crippen molar-refractivity contribution in [3.05, 3.63) is 89.6 Å². The molecule has 0 amide bonds. The molecular weight excluding hydrogens is 419 g/mol. The molecule has 0 saturated carbocycles. The third-order valence-electron chi connectivity index (χ3n) is 6.15. The summed E-state index contributed by atoms with van der Waals surface area (Å²) in [7, 11) is 3.55. The summed E-state index contributed by atoms with van der Waals surface area (Å²) in [5.41, 5.74) is 6.38. The lowest BCUT2D eigenvalue weighted by atomic mass is 9.99. The summed E-state index contributed by atoms with van der Waals surface area (Å²) in [4.78, 5) is 6.60. The van der Waals surface area contributed by atoms with Crippen LogP contribution >= 0.6 is 0 Å². The van der Waals surface area contributed by atoms with Gasteiger partial charge >= 0.3 is 0 Å². The van der Waals surface area contributed by atoms with E-state index < -0.39 is 5.85 Å². The number of fused-ring (bicyclic) bond motifs is 1. The van der Waals surface area contributed by atoms with Gasteiger partial charge in [-0.3, -0.25) is 4.98 Å². The Kier molecular flexibility index (Phi) is 5.09. The predicted octanol–water partition coefficient (Wildman–Crippen LogP) is 4.67. The first-order chi connectivity index (χ1) is 15.9. The molecule has 0 spiro atoms. The van der Waals surface area contributed by atoms with Gasteiger partial charge < -0.3 is 15.0 Å². The van der Waals surface area contributed by atoms with Crippen LogP contribution in [0.3, 0.4) is 0 Å². The second-order valence-corrected chi connectivity index (χ2v) is 8.28. The van der Waals surface area contributed by atoms with E-state index in [1.807, 2.05) is 63.4 Å². The molecule has 168 valence electrons. The van der Waals surface area contributed by atoms with E-state index in [-0.39, 0.29) is 11.9 Å². The Morgan fingerprint density at radius 1 is 1.09 bits per heavy atom. The molecule has 4 aromatic rings. The lowest BCUT2D eigenvalue weighted by Gasteiger charge is -2.41. The van der Waals surface area contributed by atoms with Crippen molar-refractivity contribution in [2.24, 2.45) is 7.05 Å². The number of aromatic nitrogens is 4. The molecule has 0 radical (unpaired) electrons. The number of nitrogens with one attached hydrogen (secondary N) is 1. The highest BCUT2D eigenvalue weighted by atomic mass is 19.1. The summed E-state index contributed by atoms with van der Waals surface area (Å²) in [6, 6.07) is 19.1. The number of anilines is 2. The number of hydrogen-bond acceptors (Lipinski definition) is 6. The Morgan fingerprint density at radius 2 is 1.88 bits per heavy atom. The van der Waals surface area contributed by atoms with Crippen LogP contribution in [0.15, 0.2) is 66.9 Å². The van der Waals surface area contributed by atoms with Gasteiger partial charge in [-0.2, -0.15) is 0 Å². The molecule has 8 heteroatoms. The minimum atomic E-state index is -0.864. The number of hydrogen-bond donors (Lipinski definition) is 1. The number of benzene rings is 2. The van der Waals surface area contributed by atoms with Crippen molar-refractivity contribution < 1.29 is 9.13 Å². The molecule has 33 heavy (non-hydrogen) atoms.